The van der Waals surface area contributed by atoms with Gasteiger partial charge in [0.1, 0.15) is 6.29 Å². The fourth-order valence-electron chi connectivity index (χ4n) is 3.58. The maximum absolute atomic E-state index is 13.6. The number of hydrogen-bond acceptors (Lipinski definition) is 5. The molecule has 3 aromatic rings. The van der Waals surface area contributed by atoms with E-state index in [0.29, 0.717) is 6.29 Å². The van der Waals surface area contributed by atoms with Gasteiger partial charge in [-0.25, -0.2) is 9.67 Å². The molecule has 2 aromatic carbocycles. The van der Waals surface area contributed by atoms with Gasteiger partial charge in [-0.1, -0.05) is 29.8 Å². The standard InChI is InChI=1S/C25H20ClF8N5O3/c1-12-9-13(10-39-21(24(29,30)31)36-20(38-39)23(27,28)25(32,33)34)7-8-16(12)35-18(41)14-5-4-6-15(26)17(14)19(42)37-22(2,3)11-40/h4-9,11H,10H2,1-3H3,(H,35,41)(H,37,42). The average molecular weight is 626 g/mol. The first-order chi connectivity index (χ1) is 19.2. The number of carbonyl (C=O) groups is 3. The topological polar surface area (TPSA) is 106 Å². The van der Waals surface area contributed by atoms with Gasteiger partial charge >= 0.3 is 18.3 Å². The van der Waals surface area contributed by atoms with Crippen LogP contribution in [0.5, 0.6) is 0 Å². The summed E-state index contributed by atoms with van der Waals surface area (Å²) in [5.41, 5.74) is -1.36. The predicted octanol–water partition coefficient (Wildman–Crippen LogP) is 5.92. The van der Waals surface area contributed by atoms with Crippen molar-refractivity contribution in [2.24, 2.45) is 0 Å². The minimum absolute atomic E-state index is 0.0123. The molecule has 0 saturated carbocycles. The molecule has 226 valence electrons. The van der Waals surface area contributed by atoms with Crippen LogP contribution >= 0.6 is 11.6 Å². The van der Waals surface area contributed by atoms with Crippen LogP contribution in [0, 0.1) is 6.92 Å². The summed E-state index contributed by atoms with van der Waals surface area (Å²) in [6.07, 6.45) is -11.2. The molecule has 0 aliphatic rings. The largest absolute Gasteiger partial charge is 0.461 e. The number of benzene rings is 2. The molecule has 2 amide bonds. The van der Waals surface area contributed by atoms with Crippen molar-refractivity contribution in [2.75, 3.05) is 5.32 Å². The number of aldehydes is 1. The quantitative estimate of drug-likeness (QED) is 0.239. The number of amides is 2. The number of aromatic nitrogens is 3. The molecular formula is C25H20ClF8N5O3. The molecule has 0 atom stereocenters. The Kier molecular flexibility index (Phi) is 8.73. The fourth-order valence-corrected chi connectivity index (χ4v) is 3.84. The molecule has 0 unspecified atom stereocenters. The van der Waals surface area contributed by atoms with E-state index >= 15 is 0 Å². The number of rotatable bonds is 8. The highest BCUT2D eigenvalue weighted by atomic mass is 35.5. The molecule has 8 nitrogen and oxygen atoms in total. The molecule has 3 rings (SSSR count). The third kappa shape index (κ3) is 6.86. The van der Waals surface area contributed by atoms with E-state index in [4.69, 9.17) is 11.6 Å². The molecule has 0 aliphatic carbocycles. The average Bonchev–Trinajstić information content (AvgIpc) is 3.29. The molecule has 17 heteroatoms. The summed E-state index contributed by atoms with van der Waals surface area (Å²) in [4.78, 5) is 39.5. The van der Waals surface area contributed by atoms with Crippen molar-refractivity contribution >= 4 is 35.4 Å². The van der Waals surface area contributed by atoms with Crippen LogP contribution in [0.2, 0.25) is 5.02 Å². The van der Waals surface area contributed by atoms with Gasteiger partial charge in [-0.2, -0.15) is 35.1 Å². The number of nitrogens with zero attached hydrogens (tertiary/aromatic N) is 3. The maximum atomic E-state index is 13.6. The third-order valence-electron chi connectivity index (χ3n) is 5.65. The molecular weight excluding hydrogens is 606 g/mol. The van der Waals surface area contributed by atoms with Gasteiger partial charge in [0.05, 0.1) is 28.2 Å². The first-order valence-electron chi connectivity index (χ1n) is 11.6. The van der Waals surface area contributed by atoms with E-state index < -0.39 is 53.8 Å². The van der Waals surface area contributed by atoms with Crippen molar-refractivity contribution in [1.29, 1.82) is 0 Å². The number of anilines is 1. The number of aryl methyl sites for hydroxylation is 1. The predicted molar refractivity (Wildman–Crippen MR) is 132 cm³/mol. The van der Waals surface area contributed by atoms with Crippen LogP contribution in [0.15, 0.2) is 36.4 Å². The Morgan fingerprint density at radius 1 is 1.00 bits per heavy atom. The van der Waals surface area contributed by atoms with Gasteiger partial charge in [0.2, 0.25) is 11.6 Å². The van der Waals surface area contributed by atoms with Crippen molar-refractivity contribution < 1.29 is 49.5 Å². The lowest BCUT2D eigenvalue weighted by molar-refractivity contribution is -0.292. The second-order valence-corrected chi connectivity index (χ2v) is 9.95. The summed E-state index contributed by atoms with van der Waals surface area (Å²) < 4.78 is 105. The third-order valence-corrected chi connectivity index (χ3v) is 5.96. The zero-order valence-electron chi connectivity index (χ0n) is 21.7. The lowest BCUT2D eigenvalue weighted by Crippen LogP contribution is -2.45. The molecule has 42 heavy (non-hydrogen) atoms. The SMILES string of the molecule is Cc1cc(Cn2nc(C(F)(F)C(F)(F)F)nc2C(F)(F)F)ccc1NC(=O)c1cccc(Cl)c1C(=O)NC(C)(C)C=O. The number of alkyl halides is 8. The van der Waals surface area contributed by atoms with Crippen LogP contribution in [-0.2, 0) is 23.4 Å². The van der Waals surface area contributed by atoms with Gasteiger partial charge in [-0.15, -0.1) is 5.10 Å². The summed E-state index contributed by atoms with van der Waals surface area (Å²) in [5, 5.41) is 7.62. The minimum atomic E-state index is -6.23. The fraction of sp³-hybridized carbons (Fsp3) is 0.320. The highest BCUT2D eigenvalue weighted by Gasteiger charge is 2.62. The first-order valence-corrected chi connectivity index (χ1v) is 12.0. The van der Waals surface area contributed by atoms with E-state index in [9.17, 15) is 49.5 Å². The Balaban J connectivity index is 1.90. The number of carbonyl (C=O) groups excluding carboxylic acids is 3. The molecule has 1 heterocycles. The summed E-state index contributed by atoms with van der Waals surface area (Å²) in [6.45, 7) is 3.36. The molecule has 0 fully saturated rings. The first kappa shape index (κ1) is 32.4. The molecule has 0 bridgehead atoms. The second kappa shape index (κ2) is 11.3. The summed E-state index contributed by atoms with van der Waals surface area (Å²) >= 11 is 6.14. The van der Waals surface area contributed by atoms with Gasteiger partial charge in [0.15, 0.2) is 0 Å². The van der Waals surface area contributed by atoms with E-state index in [-0.39, 0.29) is 37.6 Å². The van der Waals surface area contributed by atoms with Crippen molar-refractivity contribution in [3.05, 3.63) is 75.3 Å². The van der Waals surface area contributed by atoms with Gasteiger partial charge in [-0.3, -0.25) is 9.59 Å². The van der Waals surface area contributed by atoms with E-state index in [2.05, 4.69) is 20.7 Å². The highest BCUT2D eigenvalue weighted by Crippen LogP contribution is 2.43. The van der Waals surface area contributed by atoms with Crippen molar-refractivity contribution in [1.82, 2.24) is 20.1 Å². The highest BCUT2D eigenvalue weighted by molar-refractivity contribution is 6.35. The van der Waals surface area contributed by atoms with Gasteiger partial charge < -0.3 is 15.4 Å². The smallest absolute Gasteiger partial charge is 0.340 e. The Bertz CT molecular complexity index is 1530. The molecule has 0 spiro atoms. The van der Waals surface area contributed by atoms with Crippen LogP contribution < -0.4 is 10.6 Å². The van der Waals surface area contributed by atoms with E-state index in [0.717, 1.165) is 0 Å². The zero-order valence-corrected chi connectivity index (χ0v) is 22.5. The minimum Gasteiger partial charge on any atom is -0.340 e. The summed E-state index contributed by atoms with van der Waals surface area (Å²) in [5.74, 6) is -11.8. The van der Waals surface area contributed by atoms with E-state index in [1.165, 1.54) is 57.2 Å². The van der Waals surface area contributed by atoms with Crippen LogP contribution in [0.1, 0.15) is 57.3 Å². The number of hydrogen-bond donors (Lipinski definition) is 2. The molecule has 1 aromatic heterocycles. The van der Waals surface area contributed by atoms with Crippen LogP contribution in [0.4, 0.5) is 40.8 Å². The lowest BCUT2D eigenvalue weighted by atomic mass is 10.0. The second-order valence-electron chi connectivity index (χ2n) is 9.55. The van der Waals surface area contributed by atoms with Gasteiger partial charge in [-0.05, 0) is 50.1 Å². The van der Waals surface area contributed by atoms with Crippen molar-refractivity contribution in [2.45, 2.75) is 51.1 Å². The Morgan fingerprint density at radius 3 is 2.19 bits per heavy atom. The zero-order chi connectivity index (χ0) is 31.8. The number of halogens is 9. The molecule has 0 aliphatic heterocycles. The summed E-state index contributed by atoms with van der Waals surface area (Å²) in [6, 6.07) is 7.66. The van der Waals surface area contributed by atoms with Crippen LogP contribution in [-0.4, -0.2) is 44.6 Å². The maximum Gasteiger partial charge on any atom is 0.461 e. The van der Waals surface area contributed by atoms with Crippen LogP contribution in [0.25, 0.3) is 0 Å². The van der Waals surface area contributed by atoms with Gasteiger partial charge in [0.25, 0.3) is 11.8 Å². The molecule has 0 saturated heterocycles. The van der Waals surface area contributed by atoms with Crippen molar-refractivity contribution in [3.63, 3.8) is 0 Å². The van der Waals surface area contributed by atoms with E-state index in [1.807, 2.05) is 0 Å². The lowest BCUT2D eigenvalue weighted by Gasteiger charge is -2.20. The van der Waals surface area contributed by atoms with Crippen molar-refractivity contribution in [3.8, 4) is 0 Å². The normalized spacial score (nSPS) is 12.7. The number of nitrogens with one attached hydrogen (secondary N) is 2. The summed E-state index contributed by atoms with van der Waals surface area (Å²) in [7, 11) is 0. The molecule has 2 N–H and O–H groups in total. The monoisotopic (exact) mass is 625 g/mol. The Morgan fingerprint density at radius 2 is 1.64 bits per heavy atom. The Hall–Kier alpha value is -4.08. The van der Waals surface area contributed by atoms with Gasteiger partial charge in [0, 0.05) is 5.69 Å². The molecule has 0 radical (unpaired) electrons. The van der Waals surface area contributed by atoms with E-state index in [1.54, 1.807) is 0 Å². The Labute approximate surface area is 237 Å². The van der Waals surface area contributed by atoms with Crippen LogP contribution in [0.3, 0.4) is 0 Å².